The summed E-state index contributed by atoms with van der Waals surface area (Å²) in [5, 5.41) is 12.1. The van der Waals surface area contributed by atoms with Crippen molar-refractivity contribution < 1.29 is 4.74 Å². The minimum atomic E-state index is 0.382. The number of piperazine rings is 1. The molecule has 0 aromatic rings. The van der Waals surface area contributed by atoms with Crippen molar-refractivity contribution in [1.82, 2.24) is 10.2 Å². The number of ether oxygens (including phenoxy) is 1. The monoisotopic (exact) mass is 209 g/mol. The molecular weight excluding hydrogens is 190 g/mol. The Morgan fingerprint density at radius 1 is 1.53 bits per heavy atom. The predicted octanol–water partition coefficient (Wildman–Crippen LogP) is 0.353. The largest absolute Gasteiger partial charge is 0.377 e. The van der Waals surface area contributed by atoms with Gasteiger partial charge in [-0.3, -0.25) is 4.90 Å². The molecule has 2 heterocycles. The zero-order chi connectivity index (χ0) is 10.5. The first-order valence-electron chi connectivity index (χ1n) is 5.83. The number of nitrogens with one attached hydrogen (secondary N) is 1. The molecule has 0 bridgehead atoms. The second-order valence-corrected chi connectivity index (χ2v) is 4.35. The van der Waals surface area contributed by atoms with Gasteiger partial charge in [-0.1, -0.05) is 0 Å². The first-order chi connectivity index (χ1) is 7.40. The van der Waals surface area contributed by atoms with Crippen molar-refractivity contribution in [3.63, 3.8) is 0 Å². The van der Waals surface area contributed by atoms with Crippen molar-refractivity contribution >= 4 is 0 Å². The van der Waals surface area contributed by atoms with Gasteiger partial charge in [0.1, 0.15) is 0 Å². The molecule has 2 fully saturated rings. The highest BCUT2D eigenvalue weighted by molar-refractivity contribution is 4.88. The maximum absolute atomic E-state index is 8.76. The number of hydrogen-bond donors (Lipinski definition) is 1. The normalized spacial score (nSPS) is 32.7. The maximum Gasteiger partial charge on any atom is 0.0702 e. The molecule has 2 saturated heterocycles. The van der Waals surface area contributed by atoms with E-state index in [1.165, 1.54) is 12.8 Å². The van der Waals surface area contributed by atoms with Crippen LogP contribution in [-0.4, -0.2) is 49.8 Å². The third-order valence-corrected chi connectivity index (χ3v) is 3.26. The highest BCUT2D eigenvalue weighted by atomic mass is 16.5. The Labute approximate surface area is 91.2 Å². The molecule has 0 saturated carbocycles. The lowest BCUT2D eigenvalue weighted by atomic mass is 10.1. The van der Waals surface area contributed by atoms with Gasteiger partial charge in [-0.15, -0.1) is 0 Å². The number of nitrogens with zero attached hydrogens (tertiary/aromatic N) is 2. The van der Waals surface area contributed by atoms with Crippen molar-refractivity contribution in [3.05, 3.63) is 0 Å². The lowest BCUT2D eigenvalue weighted by Gasteiger charge is -2.36. The molecule has 15 heavy (non-hydrogen) atoms. The summed E-state index contributed by atoms with van der Waals surface area (Å²) in [6, 6.07) is 2.65. The Morgan fingerprint density at radius 2 is 2.47 bits per heavy atom. The number of nitriles is 1. The van der Waals surface area contributed by atoms with E-state index in [0.717, 1.165) is 32.8 Å². The molecule has 0 amide bonds. The van der Waals surface area contributed by atoms with Crippen LogP contribution in [0.4, 0.5) is 0 Å². The van der Waals surface area contributed by atoms with Crippen molar-refractivity contribution in [1.29, 1.82) is 5.26 Å². The minimum absolute atomic E-state index is 0.382. The molecule has 0 radical (unpaired) electrons. The Morgan fingerprint density at radius 3 is 3.20 bits per heavy atom. The van der Waals surface area contributed by atoms with Gasteiger partial charge in [0.15, 0.2) is 0 Å². The summed E-state index contributed by atoms with van der Waals surface area (Å²) >= 11 is 0. The molecule has 2 aliphatic heterocycles. The van der Waals surface area contributed by atoms with Crippen LogP contribution in [0.15, 0.2) is 0 Å². The Kier molecular flexibility index (Phi) is 3.95. The maximum atomic E-state index is 8.76. The van der Waals surface area contributed by atoms with Gasteiger partial charge >= 0.3 is 0 Å². The van der Waals surface area contributed by atoms with E-state index >= 15 is 0 Å². The van der Waals surface area contributed by atoms with E-state index in [0.29, 0.717) is 18.6 Å². The molecule has 0 aliphatic carbocycles. The zero-order valence-corrected chi connectivity index (χ0v) is 9.11. The van der Waals surface area contributed by atoms with E-state index in [9.17, 15) is 0 Å². The summed E-state index contributed by atoms with van der Waals surface area (Å²) in [6.45, 7) is 4.95. The summed E-state index contributed by atoms with van der Waals surface area (Å²) in [4.78, 5) is 2.41. The van der Waals surface area contributed by atoms with Crippen LogP contribution in [0.25, 0.3) is 0 Å². The second kappa shape index (κ2) is 5.45. The van der Waals surface area contributed by atoms with Gasteiger partial charge in [0.25, 0.3) is 0 Å². The Hall–Kier alpha value is -0.630. The molecule has 0 spiro atoms. The molecule has 4 nitrogen and oxygen atoms in total. The fourth-order valence-corrected chi connectivity index (χ4v) is 2.40. The molecule has 1 N–H and O–H groups in total. The van der Waals surface area contributed by atoms with Gasteiger partial charge < -0.3 is 10.1 Å². The van der Waals surface area contributed by atoms with Crippen LogP contribution in [0.5, 0.6) is 0 Å². The summed E-state index contributed by atoms with van der Waals surface area (Å²) in [7, 11) is 0. The van der Waals surface area contributed by atoms with Crippen LogP contribution in [0.1, 0.15) is 19.3 Å². The van der Waals surface area contributed by atoms with Crippen LogP contribution in [0, 0.1) is 11.3 Å². The number of rotatable bonds is 3. The average Bonchev–Trinajstić information content (AvgIpc) is 2.74. The summed E-state index contributed by atoms with van der Waals surface area (Å²) in [5.74, 6) is 0. The third kappa shape index (κ3) is 2.91. The molecule has 2 aliphatic rings. The molecule has 2 atom stereocenters. The van der Waals surface area contributed by atoms with Crippen LogP contribution in [-0.2, 0) is 4.74 Å². The highest BCUT2D eigenvalue weighted by Crippen LogP contribution is 2.16. The van der Waals surface area contributed by atoms with E-state index in [-0.39, 0.29) is 0 Å². The van der Waals surface area contributed by atoms with Crippen LogP contribution in [0.3, 0.4) is 0 Å². The van der Waals surface area contributed by atoms with Crippen LogP contribution < -0.4 is 5.32 Å². The molecule has 2 unspecified atom stereocenters. The van der Waals surface area contributed by atoms with E-state index in [1.807, 2.05) is 0 Å². The molecule has 0 aromatic carbocycles. The first-order valence-corrected chi connectivity index (χ1v) is 5.83. The molecule has 2 rings (SSSR count). The van der Waals surface area contributed by atoms with Gasteiger partial charge in [-0.25, -0.2) is 0 Å². The highest BCUT2D eigenvalue weighted by Gasteiger charge is 2.26. The van der Waals surface area contributed by atoms with Gasteiger partial charge in [-0.2, -0.15) is 5.26 Å². The Bertz CT molecular complexity index is 232. The van der Waals surface area contributed by atoms with E-state index in [2.05, 4.69) is 16.3 Å². The first kappa shape index (κ1) is 10.9. The lowest BCUT2D eigenvalue weighted by molar-refractivity contribution is 0.0497. The van der Waals surface area contributed by atoms with Gasteiger partial charge in [0.05, 0.1) is 18.6 Å². The van der Waals surface area contributed by atoms with Gasteiger partial charge in [0.2, 0.25) is 0 Å². The molecule has 4 heteroatoms. The van der Waals surface area contributed by atoms with Crippen molar-refractivity contribution in [3.8, 4) is 6.07 Å². The summed E-state index contributed by atoms with van der Waals surface area (Å²) < 4.78 is 5.64. The summed E-state index contributed by atoms with van der Waals surface area (Å²) in [6.07, 6.45) is 3.41. The quantitative estimate of drug-likeness (QED) is 0.729. The van der Waals surface area contributed by atoms with E-state index in [1.54, 1.807) is 0 Å². The molecule has 0 aromatic heterocycles. The molecule has 84 valence electrons. The summed E-state index contributed by atoms with van der Waals surface area (Å²) in [5.41, 5.74) is 0. The smallest absolute Gasteiger partial charge is 0.0702 e. The fourth-order valence-electron chi connectivity index (χ4n) is 2.40. The SMILES string of the molecule is N#CCC1CNCCN1CC1CCCO1. The fraction of sp³-hybridized carbons (Fsp3) is 0.909. The molecular formula is C11H19N3O. The topological polar surface area (TPSA) is 48.3 Å². The number of hydrogen-bond acceptors (Lipinski definition) is 4. The van der Waals surface area contributed by atoms with Gasteiger partial charge in [-0.05, 0) is 12.8 Å². The van der Waals surface area contributed by atoms with Gasteiger partial charge in [0, 0.05) is 38.8 Å². The minimum Gasteiger partial charge on any atom is -0.377 e. The standard InChI is InChI=1S/C11H19N3O/c12-4-3-10-8-13-5-6-14(10)9-11-2-1-7-15-11/h10-11,13H,1-3,5-9H2. The van der Waals surface area contributed by atoms with Crippen molar-refractivity contribution in [2.45, 2.75) is 31.4 Å². The van der Waals surface area contributed by atoms with Crippen LogP contribution in [0.2, 0.25) is 0 Å². The van der Waals surface area contributed by atoms with E-state index in [4.69, 9.17) is 10.00 Å². The second-order valence-electron chi connectivity index (χ2n) is 4.35. The Balaban J connectivity index is 1.84. The van der Waals surface area contributed by atoms with E-state index < -0.39 is 0 Å². The van der Waals surface area contributed by atoms with Crippen molar-refractivity contribution in [2.24, 2.45) is 0 Å². The van der Waals surface area contributed by atoms with Crippen molar-refractivity contribution in [2.75, 3.05) is 32.8 Å². The zero-order valence-electron chi connectivity index (χ0n) is 9.11. The lowest BCUT2D eigenvalue weighted by Crippen LogP contribution is -2.53. The third-order valence-electron chi connectivity index (χ3n) is 3.26. The van der Waals surface area contributed by atoms with Crippen LogP contribution >= 0.6 is 0 Å². The average molecular weight is 209 g/mol. The predicted molar refractivity (Wildman–Crippen MR) is 57.4 cm³/mol.